The molecule has 0 aromatic heterocycles. The van der Waals surface area contributed by atoms with E-state index in [-0.39, 0.29) is 10.7 Å². The van der Waals surface area contributed by atoms with Crippen LogP contribution in [0.3, 0.4) is 0 Å². The summed E-state index contributed by atoms with van der Waals surface area (Å²) < 4.78 is 0.728. The predicted molar refractivity (Wildman–Crippen MR) is 79.0 cm³/mol. The number of benzene rings is 1. The first-order valence-corrected chi connectivity index (χ1v) is 7.37. The van der Waals surface area contributed by atoms with E-state index in [2.05, 4.69) is 51.0 Å². The van der Waals surface area contributed by atoms with E-state index in [4.69, 9.17) is 11.6 Å². The van der Waals surface area contributed by atoms with Crippen LogP contribution in [0.2, 0.25) is 5.02 Å². The molecule has 94 valence electrons. The third-order valence-corrected chi connectivity index (χ3v) is 4.96. The van der Waals surface area contributed by atoms with E-state index in [0.29, 0.717) is 23.0 Å². The third kappa shape index (κ3) is 4.60. The summed E-state index contributed by atoms with van der Waals surface area (Å²) >= 11 is 12.7. The molecular formula is C12H14Br2ClNO. The first kappa shape index (κ1) is 15.0. The van der Waals surface area contributed by atoms with Crippen LogP contribution < -0.4 is 5.32 Å². The summed E-state index contributed by atoms with van der Waals surface area (Å²) in [6.45, 7) is 4.81. The molecule has 0 saturated heterocycles. The van der Waals surface area contributed by atoms with Crippen LogP contribution in [0.5, 0.6) is 0 Å². The van der Waals surface area contributed by atoms with E-state index in [1.165, 1.54) is 0 Å². The molecule has 1 atom stereocenters. The normalized spacial score (nSPS) is 12.6. The van der Waals surface area contributed by atoms with Crippen LogP contribution in [-0.2, 0) is 0 Å². The van der Waals surface area contributed by atoms with Crippen LogP contribution in [0, 0.1) is 5.92 Å². The van der Waals surface area contributed by atoms with E-state index in [9.17, 15) is 4.79 Å². The Kier molecular flexibility index (Phi) is 5.97. The zero-order valence-electron chi connectivity index (χ0n) is 9.64. The number of halogens is 3. The van der Waals surface area contributed by atoms with Gasteiger partial charge in [0, 0.05) is 21.4 Å². The zero-order valence-corrected chi connectivity index (χ0v) is 13.6. The number of rotatable bonds is 4. The average Bonchev–Trinajstić information content (AvgIpc) is 2.28. The number of carbonyl (C=O) groups is 1. The highest BCUT2D eigenvalue weighted by Gasteiger charge is 2.12. The molecule has 0 fully saturated rings. The highest BCUT2D eigenvalue weighted by Crippen LogP contribution is 2.23. The molecule has 1 aromatic rings. The Hall–Kier alpha value is -0.0600. The SMILES string of the molecule is CC(C)C(Br)CNC(=O)c1ccc(Cl)c(Br)c1. The molecule has 1 rings (SSSR count). The summed E-state index contributed by atoms with van der Waals surface area (Å²) in [6, 6.07) is 5.13. The molecule has 0 radical (unpaired) electrons. The Bertz CT molecular complexity index is 409. The van der Waals surface area contributed by atoms with E-state index in [0.717, 1.165) is 4.47 Å². The van der Waals surface area contributed by atoms with Crippen molar-refractivity contribution in [2.24, 2.45) is 5.92 Å². The largest absolute Gasteiger partial charge is 0.351 e. The summed E-state index contributed by atoms with van der Waals surface area (Å²) in [4.78, 5) is 12.1. The minimum absolute atomic E-state index is 0.0903. The standard InChI is InChI=1S/C12H14Br2ClNO/c1-7(2)10(14)6-16-12(17)8-3-4-11(15)9(13)5-8/h3-5,7,10H,6H2,1-2H3,(H,16,17). The maximum Gasteiger partial charge on any atom is 0.251 e. The van der Waals surface area contributed by atoms with Gasteiger partial charge in [0.1, 0.15) is 0 Å². The second-order valence-electron chi connectivity index (χ2n) is 4.10. The summed E-state index contributed by atoms with van der Waals surface area (Å²) in [7, 11) is 0. The van der Waals surface area contributed by atoms with Gasteiger partial charge in [0.05, 0.1) is 5.02 Å². The van der Waals surface area contributed by atoms with E-state index in [1.54, 1.807) is 18.2 Å². The van der Waals surface area contributed by atoms with Crippen molar-refractivity contribution in [1.29, 1.82) is 0 Å². The minimum atomic E-state index is -0.0903. The third-order valence-electron chi connectivity index (χ3n) is 2.36. The molecule has 0 aliphatic rings. The van der Waals surface area contributed by atoms with Crippen LogP contribution in [0.15, 0.2) is 22.7 Å². The fraction of sp³-hybridized carbons (Fsp3) is 0.417. The topological polar surface area (TPSA) is 29.1 Å². The van der Waals surface area contributed by atoms with Crippen molar-refractivity contribution < 1.29 is 4.79 Å². The van der Waals surface area contributed by atoms with Gasteiger partial charge in [0.2, 0.25) is 0 Å². The lowest BCUT2D eigenvalue weighted by Gasteiger charge is -2.14. The minimum Gasteiger partial charge on any atom is -0.351 e. The number of amides is 1. The fourth-order valence-electron chi connectivity index (χ4n) is 1.17. The van der Waals surface area contributed by atoms with Crippen molar-refractivity contribution in [2.45, 2.75) is 18.7 Å². The lowest BCUT2D eigenvalue weighted by molar-refractivity contribution is 0.0953. The summed E-state index contributed by atoms with van der Waals surface area (Å²) in [5.74, 6) is 0.389. The molecule has 0 aliphatic carbocycles. The maximum atomic E-state index is 11.8. The predicted octanol–water partition coefficient (Wildman–Crippen LogP) is 4.25. The van der Waals surface area contributed by atoms with Crippen LogP contribution >= 0.6 is 43.5 Å². The number of carbonyl (C=O) groups excluding carboxylic acids is 1. The lowest BCUT2D eigenvalue weighted by atomic mass is 10.1. The molecule has 1 amide bonds. The van der Waals surface area contributed by atoms with E-state index >= 15 is 0 Å². The van der Waals surface area contributed by atoms with E-state index < -0.39 is 0 Å². The monoisotopic (exact) mass is 381 g/mol. The Balaban J connectivity index is 2.61. The van der Waals surface area contributed by atoms with Gasteiger partial charge in [0.15, 0.2) is 0 Å². The van der Waals surface area contributed by atoms with Crippen molar-refractivity contribution in [1.82, 2.24) is 5.32 Å². The van der Waals surface area contributed by atoms with Gasteiger partial charge in [-0.3, -0.25) is 4.79 Å². The van der Waals surface area contributed by atoms with Crippen molar-refractivity contribution in [2.75, 3.05) is 6.54 Å². The summed E-state index contributed by atoms with van der Waals surface area (Å²) in [5.41, 5.74) is 0.602. The first-order valence-electron chi connectivity index (χ1n) is 5.29. The second kappa shape index (κ2) is 6.76. The highest BCUT2D eigenvalue weighted by molar-refractivity contribution is 9.10. The molecule has 1 aromatic carbocycles. The molecule has 0 spiro atoms. The number of nitrogens with one attached hydrogen (secondary N) is 1. The summed E-state index contributed by atoms with van der Waals surface area (Å²) in [5, 5.41) is 3.48. The average molecular weight is 384 g/mol. The molecule has 17 heavy (non-hydrogen) atoms. The zero-order chi connectivity index (χ0) is 13.0. The van der Waals surface area contributed by atoms with E-state index in [1.807, 2.05) is 0 Å². The molecular weight excluding hydrogens is 369 g/mol. The van der Waals surface area contributed by atoms with Crippen molar-refractivity contribution >= 4 is 49.4 Å². The van der Waals surface area contributed by atoms with Crippen molar-refractivity contribution in [3.8, 4) is 0 Å². The number of alkyl halides is 1. The summed E-state index contributed by atoms with van der Waals surface area (Å²) in [6.07, 6.45) is 0. The molecule has 1 unspecified atom stereocenters. The maximum absolute atomic E-state index is 11.8. The van der Waals surface area contributed by atoms with Crippen molar-refractivity contribution in [3.63, 3.8) is 0 Å². The van der Waals surface area contributed by atoms with Crippen LogP contribution in [0.4, 0.5) is 0 Å². The smallest absolute Gasteiger partial charge is 0.251 e. The Morgan fingerprint density at radius 2 is 2.12 bits per heavy atom. The number of hydrogen-bond donors (Lipinski definition) is 1. The Labute approximate surface area is 123 Å². The number of hydrogen-bond acceptors (Lipinski definition) is 1. The van der Waals surface area contributed by atoms with Gasteiger partial charge < -0.3 is 5.32 Å². The molecule has 0 saturated carbocycles. The first-order chi connectivity index (χ1) is 7.91. The van der Waals surface area contributed by atoms with Gasteiger partial charge in [-0.2, -0.15) is 0 Å². The fourth-order valence-corrected chi connectivity index (χ4v) is 1.82. The van der Waals surface area contributed by atoms with Crippen molar-refractivity contribution in [3.05, 3.63) is 33.3 Å². The van der Waals surface area contributed by atoms with Gasteiger partial charge in [0.25, 0.3) is 5.91 Å². The highest BCUT2D eigenvalue weighted by atomic mass is 79.9. The second-order valence-corrected chi connectivity index (χ2v) is 6.54. The molecule has 1 N–H and O–H groups in total. The van der Waals surface area contributed by atoms with Gasteiger partial charge in [-0.25, -0.2) is 0 Å². The molecule has 2 nitrogen and oxygen atoms in total. The van der Waals surface area contributed by atoms with Gasteiger partial charge >= 0.3 is 0 Å². The molecule has 0 heterocycles. The lowest BCUT2D eigenvalue weighted by Crippen LogP contribution is -2.31. The Morgan fingerprint density at radius 3 is 2.65 bits per heavy atom. The van der Waals surface area contributed by atoms with Gasteiger partial charge in [-0.15, -0.1) is 0 Å². The van der Waals surface area contributed by atoms with Gasteiger partial charge in [-0.05, 0) is 40.0 Å². The molecule has 0 aliphatic heterocycles. The van der Waals surface area contributed by atoms with Crippen LogP contribution in [0.1, 0.15) is 24.2 Å². The van der Waals surface area contributed by atoms with Crippen LogP contribution in [-0.4, -0.2) is 17.3 Å². The molecule has 0 bridgehead atoms. The Morgan fingerprint density at radius 1 is 1.47 bits per heavy atom. The quantitative estimate of drug-likeness (QED) is 0.774. The molecule has 5 heteroatoms. The van der Waals surface area contributed by atoms with Crippen LogP contribution in [0.25, 0.3) is 0 Å². The van der Waals surface area contributed by atoms with Gasteiger partial charge in [-0.1, -0.05) is 41.4 Å².